The smallest absolute Gasteiger partial charge is 0.227 e. The van der Waals surface area contributed by atoms with Crippen molar-refractivity contribution in [2.45, 2.75) is 25.8 Å². The van der Waals surface area contributed by atoms with Gasteiger partial charge in [-0.05, 0) is 30.0 Å². The summed E-state index contributed by atoms with van der Waals surface area (Å²) in [6.07, 6.45) is 1.46. The number of hydrogen-bond donors (Lipinski definition) is 1. The third kappa shape index (κ3) is 3.07. The first-order valence-electron chi connectivity index (χ1n) is 6.78. The Hall–Kier alpha value is -1.55. The predicted molar refractivity (Wildman–Crippen MR) is 75.0 cm³/mol. The van der Waals surface area contributed by atoms with Gasteiger partial charge in [0.1, 0.15) is 5.75 Å². The first-order chi connectivity index (χ1) is 9.15. The molecule has 1 aromatic rings. The fraction of sp³-hybridized carbons (Fsp3) is 0.533. The molecule has 2 unspecified atom stereocenters. The zero-order valence-corrected chi connectivity index (χ0v) is 11.6. The highest BCUT2D eigenvalue weighted by Crippen LogP contribution is 2.24. The Morgan fingerprint density at radius 3 is 3.00 bits per heavy atom. The molecule has 1 aromatic carbocycles. The van der Waals surface area contributed by atoms with Crippen LogP contribution in [0.1, 0.15) is 18.9 Å². The maximum absolute atomic E-state index is 12.4. The molecule has 104 valence electrons. The van der Waals surface area contributed by atoms with Crippen molar-refractivity contribution in [3.63, 3.8) is 0 Å². The fourth-order valence-corrected chi connectivity index (χ4v) is 2.74. The van der Waals surface area contributed by atoms with Crippen molar-refractivity contribution < 1.29 is 9.53 Å². The lowest BCUT2D eigenvalue weighted by molar-refractivity contribution is -0.131. The summed E-state index contributed by atoms with van der Waals surface area (Å²) in [5.74, 6) is 1.45. The number of amides is 1. The molecular weight excluding hydrogens is 240 g/mol. The first kappa shape index (κ1) is 13.9. The highest BCUT2D eigenvalue weighted by atomic mass is 16.5. The van der Waals surface area contributed by atoms with Crippen molar-refractivity contribution in [2.24, 2.45) is 11.7 Å². The number of rotatable bonds is 4. The number of nitrogens with two attached hydrogens (primary N) is 1. The van der Waals surface area contributed by atoms with Gasteiger partial charge in [0.15, 0.2) is 0 Å². The Labute approximate surface area is 114 Å². The normalized spacial score (nSPS) is 22.6. The second kappa shape index (κ2) is 6.06. The largest absolute Gasteiger partial charge is 0.497 e. The van der Waals surface area contributed by atoms with E-state index in [9.17, 15) is 4.79 Å². The van der Waals surface area contributed by atoms with Gasteiger partial charge in [-0.2, -0.15) is 0 Å². The van der Waals surface area contributed by atoms with Crippen molar-refractivity contribution in [3.8, 4) is 5.75 Å². The summed E-state index contributed by atoms with van der Waals surface area (Å²) in [4.78, 5) is 14.3. The average molecular weight is 262 g/mol. The second-order valence-corrected chi connectivity index (χ2v) is 5.18. The molecule has 1 saturated heterocycles. The average Bonchev–Trinajstić information content (AvgIpc) is 2.80. The van der Waals surface area contributed by atoms with Crippen LogP contribution in [0, 0.1) is 5.92 Å². The number of methoxy groups -OCH3 is 1. The monoisotopic (exact) mass is 262 g/mol. The summed E-state index contributed by atoms with van der Waals surface area (Å²) in [6, 6.07) is 7.85. The molecule has 4 heteroatoms. The molecule has 2 N–H and O–H groups in total. The zero-order valence-electron chi connectivity index (χ0n) is 11.6. The Kier molecular flexibility index (Phi) is 4.43. The van der Waals surface area contributed by atoms with Gasteiger partial charge in [-0.3, -0.25) is 4.79 Å². The molecule has 1 heterocycles. The van der Waals surface area contributed by atoms with Crippen LogP contribution >= 0.6 is 0 Å². The SMILES string of the molecule is COc1cccc(CC(=O)N2CCC(C)C2CN)c1. The van der Waals surface area contributed by atoms with Crippen molar-refractivity contribution >= 4 is 5.91 Å². The van der Waals surface area contributed by atoms with Crippen LogP contribution in [0.4, 0.5) is 0 Å². The number of carbonyl (C=O) groups is 1. The third-order valence-electron chi connectivity index (χ3n) is 3.93. The zero-order chi connectivity index (χ0) is 13.8. The fourth-order valence-electron chi connectivity index (χ4n) is 2.74. The van der Waals surface area contributed by atoms with Crippen LogP contribution in [0.25, 0.3) is 0 Å². The number of hydrogen-bond acceptors (Lipinski definition) is 3. The van der Waals surface area contributed by atoms with Crippen LogP contribution in [-0.2, 0) is 11.2 Å². The summed E-state index contributed by atoms with van der Waals surface area (Å²) in [5.41, 5.74) is 6.76. The van der Waals surface area contributed by atoms with E-state index in [1.807, 2.05) is 29.2 Å². The molecule has 0 spiro atoms. The van der Waals surface area contributed by atoms with Gasteiger partial charge in [-0.25, -0.2) is 0 Å². The Balaban J connectivity index is 2.04. The molecule has 2 atom stereocenters. The van der Waals surface area contributed by atoms with Crippen LogP contribution in [0.15, 0.2) is 24.3 Å². The molecular formula is C15H22N2O2. The van der Waals surface area contributed by atoms with Gasteiger partial charge in [-0.15, -0.1) is 0 Å². The van der Waals surface area contributed by atoms with E-state index in [2.05, 4.69) is 6.92 Å². The van der Waals surface area contributed by atoms with Gasteiger partial charge in [0.2, 0.25) is 5.91 Å². The van der Waals surface area contributed by atoms with Crippen LogP contribution in [0.5, 0.6) is 5.75 Å². The molecule has 0 bridgehead atoms. The molecule has 0 aromatic heterocycles. The highest BCUT2D eigenvalue weighted by molar-refractivity contribution is 5.79. The molecule has 2 rings (SSSR count). The van der Waals surface area contributed by atoms with E-state index in [4.69, 9.17) is 10.5 Å². The van der Waals surface area contributed by atoms with Crippen molar-refractivity contribution in [1.82, 2.24) is 4.90 Å². The Morgan fingerprint density at radius 2 is 2.32 bits per heavy atom. The Morgan fingerprint density at radius 1 is 1.53 bits per heavy atom. The number of benzene rings is 1. The molecule has 19 heavy (non-hydrogen) atoms. The minimum atomic E-state index is 0.160. The van der Waals surface area contributed by atoms with E-state index >= 15 is 0 Å². The second-order valence-electron chi connectivity index (χ2n) is 5.18. The van der Waals surface area contributed by atoms with Gasteiger partial charge >= 0.3 is 0 Å². The van der Waals surface area contributed by atoms with E-state index in [0.29, 0.717) is 18.9 Å². The maximum atomic E-state index is 12.4. The van der Waals surface area contributed by atoms with E-state index in [0.717, 1.165) is 24.3 Å². The number of nitrogens with zero attached hydrogens (tertiary/aromatic N) is 1. The molecule has 1 amide bonds. The van der Waals surface area contributed by atoms with Crippen LogP contribution in [-0.4, -0.2) is 37.0 Å². The van der Waals surface area contributed by atoms with Crippen LogP contribution in [0.3, 0.4) is 0 Å². The predicted octanol–water partition coefficient (Wildman–Crippen LogP) is 1.43. The lowest BCUT2D eigenvalue weighted by Gasteiger charge is -2.25. The van der Waals surface area contributed by atoms with E-state index < -0.39 is 0 Å². The third-order valence-corrected chi connectivity index (χ3v) is 3.93. The molecule has 0 aliphatic carbocycles. The first-order valence-corrected chi connectivity index (χ1v) is 6.78. The lowest BCUT2D eigenvalue weighted by Crippen LogP contribution is -2.42. The van der Waals surface area contributed by atoms with E-state index in [1.165, 1.54) is 0 Å². The number of likely N-dealkylation sites (tertiary alicyclic amines) is 1. The number of carbonyl (C=O) groups excluding carboxylic acids is 1. The molecule has 4 nitrogen and oxygen atoms in total. The summed E-state index contributed by atoms with van der Waals surface area (Å²) in [7, 11) is 1.63. The summed E-state index contributed by atoms with van der Waals surface area (Å²) < 4.78 is 5.18. The molecule has 0 saturated carbocycles. The minimum absolute atomic E-state index is 0.160. The summed E-state index contributed by atoms with van der Waals surface area (Å²) >= 11 is 0. The van der Waals surface area contributed by atoms with Crippen LogP contribution < -0.4 is 10.5 Å². The van der Waals surface area contributed by atoms with Gasteiger partial charge in [0.05, 0.1) is 13.5 Å². The molecule has 1 aliphatic heterocycles. The molecule has 1 aliphatic rings. The highest BCUT2D eigenvalue weighted by Gasteiger charge is 2.32. The van der Waals surface area contributed by atoms with Gasteiger partial charge in [0.25, 0.3) is 0 Å². The van der Waals surface area contributed by atoms with Gasteiger partial charge in [0, 0.05) is 19.1 Å². The van der Waals surface area contributed by atoms with Crippen molar-refractivity contribution in [2.75, 3.05) is 20.2 Å². The standard InChI is InChI=1S/C15H22N2O2/c1-11-6-7-17(14(11)10-16)15(18)9-12-4-3-5-13(8-12)19-2/h3-5,8,11,14H,6-7,9-10,16H2,1-2H3. The minimum Gasteiger partial charge on any atom is -0.497 e. The van der Waals surface area contributed by atoms with E-state index in [-0.39, 0.29) is 11.9 Å². The Bertz CT molecular complexity index is 448. The van der Waals surface area contributed by atoms with Crippen molar-refractivity contribution in [1.29, 1.82) is 0 Å². The van der Waals surface area contributed by atoms with Gasteiger partial charge in [-0.1, -0.05) is 19.1 Å². The quantitative estimate of drug-likeness (QED) is 0.893. The topological polar surface area (TPSA) is 55.6 Å². The van der Waals surface area contributed by atoms with Crippen molar-refractivity contribution in [3.05, 3.63) is 29.8 Å². The van der Waals surface area contributed by atoms with Gasteiger partial charge < -0.3 is 15.4 Å². The lowest BCUT2D eigenvalue weighted by atomic mass is 10.0. The maximum Gasteiger partial charge on any atom is 0.227 e. The molecule has 0 radical (unpaired) electrons. The summed E-state index contributed by atoms with van der Waals surface area (Å²) in [6.45, 7) is 3.53. The number of ether oxygens (including phenoxy) is 1. The molecule has 1 fully saturated rings. The van der Waals surface area contributed by atoms with Crippen LogP contribution in [0.2, 0.25) is 0 Å². The van der Waals surface area contributed by atoms with E-state index in [1.54, 1.807) is 7.11 Å². The summed E-state index contributed by atoms with van der Waals surface area (Å²) in [5, 5.41) is 0.